The van der Waals surface area contributed by atoms with Gasteiger partial charge in [0.1, 0.15) is 11.8 Å². The molecule has 9 heteroatoms. The molecule has 196 valence electrons. The molecule has 0 aliphatic carbocycles. The number of likely N-dealkylation sites (N-methyl/N-ethyl adjacent to an activating group) is 1. The zero-order chi connectivity index (χ0) is 26.6. The van der Waals surface area contributed by atoms with Gasteiger partial charge in [0.15, 0.2) is 0 Å². The lowest BCUT2D eigenvalue weighted by molar-refractivity contribution is -0.141. The third-order valence-corrected chi connectivity index (χ3v) is 8.51. The predicted octanol–water partition coefficient (Wildman–Crippen LogP) is 4.08. The largest absolute Gasteiger partial charge is 0.497 e. The molecule has 1 heterocycles. The Kier molecular flexibility index (Phi) is 8.02. The van der Waals surface area contributed by atoms with E-state index in [1.165, 1.54) is 4.31 Å². The van der Waals surface area contributed by atoms with E-state index < -0.39 is 16.1 Å². The van der Waals surface area contributed by atoms with Crippen LogP contribution in [0.4, 0.5) is 5.69 Å². The highest BCUT2D eigenvalue weighted by Gasteiger charge is 2.35. The van der Waals surface area contributed by atoms with Crippen molar-refractivity contribution < 1.29 is 22.7 Å². The van der Waals surface area contributed by atoms with Crippen molar-refractivity contribution in [2.24, 2.45) is 0 Å². The summed E-state index contributed by atoms with van der Waals surface area (Å²) in [6.45, 7) is 4.61. The van der Waals surface area contributed by atoms with Crippen molar-refractivity contribution in [1.29, 1.82) is 0 Å². The molecule has 0 saturated carbocycles. The molecule has 1 aliphatic rings. The third-order valence-electron chi connectivity index (χ3n) is 6.66. The Morgan fingerprint density at radius 1 is 1.05 bits per heavy atom. The highest BCUT2D eigenvalue weighted by Crippen LogP contribution is 2.42. The van der Waals surface area contributed by atoms with E-state index in [0.29, 0.717) is 35.7 Å². The Balaban J connectivity index is 1.52. The summed E-state index contributed by atoms with van der Waals surface area (Å²) in [6, 6.07) is 17.6. The maximum atomic E-state index is 13.5. The monoisotopic (exact) mass is 523 g/mol. The minimum absolute atomic E-state index is 0.109. The maximum absolute atomic E-state index is 13.5. The lowest BCUT2D eigenvalue weighted by atomic mass is 10.1. The first kappa shape index (κ1) is 26.5. The Labute approximate surface area is 218 Å². The molecule has 0 saturated heterocycles. The van der Waals surface area contributed by atoms with Crippen molar-refractivity contribution in [2.45, 2.75) is 50.6 Å². The van der Waals surface area contributed by atoms with Crippen molar-refractivity contribution in [2.75, 3.05) is 24.5 Å². The van der Waals surface area contributed by atoms with Gasteiger partial charge in [0.05, 0.1) is 17.7 Å². The number of carbonyl (C=O) groups excluding carboxylic acids is 2. The first-order valence-corrected chi connectivity index (χ1v) is 14.0. The SMILES string of the molecule is CCNC(=O)[C@@H](CC)N(Cc1cccc(OC)c1)C(=O)CCCN1c2cccc3cccc(c23)S1(=O)=O. The number of sulfonamides is 1. The molecule has 0 radical (unpaired) electrons. The normalized spacial score (nSPS) is 14.4. The quantitative estimate of drug-likeness (QED) is 0.409. The van der Waals surface area contributed by atoms with Crippen molar-refractivity contribution in [3.63, 3.8) is 0 Å². The van der Waals surface area contributed by atoms with Gasteiger partial charge in [-0.15, -0.1) is 0 Å². The number of benzene rings is 3. The second kappa shape index (κ2) is 11.2. The molecule has 3 aromatic rings. The van der Waals surface area contributed by atoms with E-state index >= 15 is 0 Å². The lowest BCUT2D eigenvalue weighted by Crippen LogP contribution is -2.49. The molecule has 1 aliphatic heterocycles. The van der Waals surface area contributed by atoms with Crippen molar-refractivity contribution in [3.05, 3.63) is 66.2 Å². The van der Waals surface area contributed by atoms with Crippen LogP contribution in [-0.4, -0.2) is 51.4 Å². The summed E-state index contributed by atoms with van der Waals surface area (Å²) in [5.41, 5.74) is 1.49. The Hall–Kier alpha value is -3.59. The molecular formula is C28H33N3O5S. The fraction of sp³-hybridized carbons (Fsp3) is 0.357. The molecule has 37 heavy (non-hydrogen) atoms. The van der Waals surface area contributed by atoms with Gasteiger partial charge < -0.3 is 15.0 Å². The number of hydrogen-bond donors (Lipinski definition) is 1. The first-order chi connectivity index (χ1) is 17.8. The van der Waals surface area contributed by atoms with Gasteiger partial charge in [-0.2, -0.15) is 0 Å². The van der Waals surface area contributed by atoms with E-state index in [1.54, 1.807) is 30.2 Å². The molecule has 0 spiro atoms. The third kappa shape index (κ3) is 5.27. The van der Waals surface area contributed by atoms with Gasteiger partial charge in [0, 0.05) is 31.4 Å². The van der Waals surface area contributed by atoms with Crippen LogP contribution in [0.25, 0.3) is 10.8 Å². The molecule has 0 fully saturated rings. The minimum Gasteiger partial charge on any atom is -0.497 e. The summed E-state index contributed by atoms with van der Waals surface area (Å²) < 4.78 is 33.2. The number of nitrogens with zero attached hydrogens (tertiary/aromatic N) is 2. The van der Waals surface area contributed by atoms with Crippen molar-refractivity contribution in [3.8, 4) is 5.75 Å². The van der Waals surface area contributed by atoms with Gasteiger partial charge in [-0.3, -0.25) is 13.9 Å². The zero-order valence-corrected chi connectivity index (χ0v) is 22.3. The molecular weight excluding hydrogens is 490 g/mol. The molecule has 8 nitrogen and oxygen atoms in total. The Morgan fingerprint density at radius 2 is 1.78 bits per heavy atom. The predicted molar refractivity (Wildman–Crippen MR) is 144 cm³/mol. The van der Waals surface area contributed by atoms with Crippen LogP contribution in [0.5, 0.6) is 5.75 Å². The number of amides is 2. The van der Waals surface area contributed by atoms with Crippen LogP contribution in [0.1, 0.15) is 38.7 Å². The van der Waals surface area contributed by atoms with Gasteiger partial charge in [0.25, 0.3) is 10.0 Å². The summed E-state index contributed by atoms with van der Waals surface area (Å²) in [5, 5.41) is 4.42. The maximum Gasteiger partial charge on any atom is 0.265 e. The van der Waals surface area contributed by atoms with Crippen LogP contribution in [0.15, 0.2) is 65.6 Å². The van der Waals surface area contributed by atoms with Crippen LogP contribution in [0.3, 0.4) is 0 Å². The highest BCUT2D eigenvalue weighted by molar-refractivity contribution is 7.93. The van der Waals surface area contributed by atoms with Gasteiger partial charge in [-0.25, -0.2) is 8.42 Å². The van der Waals surface area contributed by atoms with Crippen molar-refractivity contribution in [1.82, 2.24) is 10.2 Å². The van der Waals surface area contributed by atoms with E-state index in [2.05, 4.69) is 5.32 Å². The Morgan fingerprint density at radius 3 is 2.49 bits per heavy atom. The van der Waals surface area contributed by atoms with E-state index in [9.17, 15) is 18.0 Å². The molecule has 0 aromatic heterocycles. The van der Waals surface area contributed by atoms with E-state index in [4.69, 9.17) is 4.74 Å². The number of ether oxygens (including phenoxy) is 1. The van der Waals surface area contributed by atoms with Gasteiger partial charge in [-0.1, -0.05) is 43.3 Å². The van der Waals surface area contributed by atoms with E-state index in [-0.39, 0.29) is 31.3 Å². The lowest BCUT2D eigenvalue weighted by Gasteiger charge is -2.31. The minimum atomic E-state index is -3.68. The summed E-state index contributed by atoms with van der Waals surface area (Å²) >= 11 is 0. The number of nitrogens with one attached hydrogen (secondary N) is 1. The van der Waals surface area contributed by atoms with Crippen LogP contribution < -0.4 is 14.4 Å². The molecule has 0 unspecified atom stereocenters. The number of hydrogen-bond acceptors (Lipinski definition) is 5. The first-order valence-electron chi connectivity index (χ1n) is 12.6. The molecule has 1 atom stereocenters. The summed E-state index contributed by atoms with van der Waals surface area (Å²) in [4.78, 5) is 28.2. The molecule has 2 amide bonds. The summed E-state index contributed by atoms with van der Waals surface area (Å²) in [7, 11) is -2.10. The topological polar surface area (TPSA) is 96.0 Å². The molecule has 3 aromatic carbocycles. The number of methoxy groups -OCH3 is 1. The van der Waals surface area contributed by atoms with Gasteiger partial charge in [0.2, 0.25) is 11.8 Å². The van der Waals surface area contributed by atoms with E-state index in [1.807, 2.05) is 56.3 Å². The number of anilines is 1. The average Bonchev–Trinajstić information content (AvgIpc) is 3.12. The average molecular weight is 524 g/mol. The molecule has 1 N–H and O–H groups in total. The van der Waals surface area contributed by atoms with E-state index in [0.717, 1.165) is 16.3 Å². The number of rotatable bonds is 11. The second-order valence-corrected chi connectivity index (χ2v) is 10.8. The van der Waals surface area contributed by atoms with Gasteiger partial charge in [-0.05, 0) is 55.0 Å². The van der Waals surface area contributed by atoms with Crippen LogP contribution in [0.2, 0.25) is 0 Å². The highest BCUT2D eigenvalue weighted by atomic mass is 32.2. The molecule has 0 bridgehead atoms. The van der Waals surface area contributed by atoms with Gasteiger partial charge >= 0.3 is 0 Å². The fourth-order valence-corrected chi connectivity index (χ4v) is 6.64. The Bertz CT molecular complexity index is 1400. The summed E-state index contributed by atoms with van der Waals surface area (Å²) in [5.74, 6) is 0.266. The molecule has 4 rings (SSSR count). The number of carbonyl (C=O) groups is 2. The zero-order valence-electron chi connectivity index (χ0n) is 21.4. The fourth-order valence-electron chi connectivity index (χ4n) is 4.90. The smallest absolute Gasteiger partial charge is 0.265 e. The van der Waals surface area contributed by atoms with Crippen LogP contribution >= 0.6 is 0 Å². The van der Waals surface area contributed by atoms with Crippen LogP contribution in [0, 0.1) is 0 Å². The summed E-state index contributed by atoms with van der Waals surface area (Å²) in [6.07, 6.45) is 0.889. The van der Waals surface area contributed by atoms with Crippen LogP contribution in [-0.2, 0) is 26.2 Å². The van der Waals surface area contributed by atoms with Crippen molar-refractivity contribution >= 4 is 38.3 Å². The second-order valence-electron chi connectivity index (χ2n) is 9.00. The standard InChI is InChI=1S/C28H33N3O5S/c1-4-23(28(33)29-5-2)30(19-20-10-6-13-22(18-20)36-3)26(32)16-9-17-31-24-14-7-11-21-12-8-15-25(27(21)24)37(31,34)35/h6-8,10-15,18,23H,4-5,9,16-17,19H2,1-3H3,(H,29,33)/t23-/m1/s1.